The first kappa shape index (κ1) is 14.5. The van der Waals surface area contributed by atoms with Crippen molar-refractivity contribution >= 4 is 19.8 Å². The van der Waals surface area contributed by atoms with Gasteiger partial charge in [-0.3, -0.25) is 0 Å². The minimum absolute atomic E-state index is 0.101. The van der Waals surface area contributed by atoms with Crippen LogP contribution >= 0.6 is 11.8 Å². The summed E-state index contributed by atoms with van der Waals surface area (Å²) in [6, 6.07) is 4.32. The summed E-state index contributed by atoms with van der Waals surface area (Å²) in [6.45, 7) is 3.67. The normalized spacial score (nSPS) is 13.8. The van der Waals surface area contributed by atoms with Gasteiger partial charge in [-0.25, -0.2) is 13.8 Å². The zero-order chi connectivity index (χ0) is 13.3. The number of rotatable bonds is 4. The molecule has 0 radical (unpaired) electrons. The van der Waals surface area contributed by atoms with E-state index in [1.807, 2.05) is 0 Å². The van der Waals surface area contributed by atoms with Crippen LogP contribution in [-0.4, -0.2) is 23.9 Å². The molecule has 0 saturated heterocycles. The van der Waals surface area contributed by atoms with Crippen molar-refractivity contribution in [1.82, 2.24) is 4.98 Å². The van der Waals surface area contributed by atoms with Gasteiger partial charge in [0, 0.05) is 6.20 Å². The van der Waals surface area contributed by atoms with E-state index in [1.54, 1.807) is 6.07 Å². The molecule has 0 amide bonds. The number of thioether (sulfide) groups is 1. The van der Waals surface area contributed by atoms with Crippen molar-refractivity contribution in [3.63, 3.8) is 0 Å². The fraction of sp³-hybridized carbons (Fsp3) is 0.500. The van der Waals surface area contributed by atoms with Crippen LogP contribution in [0.25, 0.3) is 0 Å². The highest BCUT2D eigenvalue weighted by molar-refractivity contribution is 8.00. The van der Waals surface area contributed by atoms with E-state index >= 15 is 0 Å². The van der Waals surface area contributed by atoms with Crippen LogP contribution in [0.15, 0.2) is 29.4 Å². The van der Waals surface area contributed by atoms with Crippen LogP contribution in [0.5, 0.6) is 0 Å². The Balaban J connectivity index is 2.96. The molecule has 1 aromatic rings. The summed E-state index contributed by atoms with van der Waals surface area (Å²) in [7, 11) is -3.31. The maximum atomic E-state index is 13.7. The Bertz CT molecular complexity index is 378. The first-order valence-corrected chi connectivity index (χ1v) is 9.25. The fourth-order valence-corrected chi connectivity index (χ4v) is 3.64. The topological polar surface area (TPSA) is 12.9 Å². The van der Waals surface area contributed by atoms with E-state index in [-0.39, 0.29) is 16.8 Å². The third-order valence-corrected chi connectivity index (χ3v) is 5.52. The van der Waals surface area contributed by atoms with E-state index in [1.165, 1.54) is 38.0 Å². The number of aromatic nitrogens is 1. The molecule has 1 aromatic heterocycles. The maximum absolute atomic E-state index is 13.7. The lowest BCUT2D eigenvalue weighted by atomic mass is 10.5. The standard InChI is InChI=1S/C10H13F4NSSi/c1-17(2,3)10(13,14)9(11,12)16-8-6-4-5-7-15-8/h4-7H,1-3H3. The van der Waals surface area contributed by atoms with Crippen LogP contribution in [0, 0.1) is 0 Å². The van der Waals surface area contributed by atoms with Gasteiger partial charge in [0.05, 0.1) is 0 Å². The SMILES string of the molecule is C[Si](C)(C)C(F)(F)C(F)(F)Sc1ccccn1. The Morgan fingerprint density at radius 1 is 1.12 bits per heavy atom. The van der Waals surface area contributed by atoms with Gasteiger partial charge in [0.25, 0.3) is 5.55 Å². The molecule has 7 heteroatoms. The van der Waals surface area contributed by atoms with Gasteiger partial charge in [0.2, 0.25) is 0 Å². The zero-order valence-electron chi connectivity index (χ0n) is 9.68. The van der Waals surface area contributed by atoms with Crippen LogP contribution < -0.4 is 0 Å². The van der Waals surface area contributed by atoms with E-state index in [2.05, 4.69) is 4.98 Å². The molecular weight excluding hydrogens is 270 g/mol. The molecule has 96 valence electrons. The molecule has 0 unspecified atom stereocenters. The fourth-order valence-electron chi connectivity index (χ4n) is 1.04. The summed E-state index contributed by atoms with van der Waals surface area (Å²) in [6.07, 6.45) is 1.30. The van der Waals surface area contributed by atoms with Crippen molar-refractivity contribution in [2.45, 2.75) is 35.5 Å². The van der Waals surface area contributed by atoms with Gasteiger partial charge in [-0.15, -0.1) is 0 Å². The average Bonchev–Trinajstić information content (AvgIpc) is 2.16. The lowest BCUT2D eigenvalue weighted by Crippen LogP contribution is -2.55. The first-order valence-electron chi connectivity index (χ1n) is 4.93. The predicted molar refractivity (Wildman–Crippen MR) is 63.3 cm³/mol. The van der Waals surface area contributed by atoms with Crippen molar-refractivity contribution in [3.8, 4) is 0 Å². The van der Waals surface area contributed by atoms with Crippen molar-refractivity contribution in [3.05, 3.63) is 24.4 Å². The third-order valence-electron chi connectivity index (χ3n) is 2.18. The van der Waals surface area contributed by atoms with Crippen molar-refractivity contribution in [2.75, 3.05) is 0 Å². The van der Waals surface area contributed by atoms with E-state index in [0.29, 0.717) is 0 Å². The van der Waals surface area contributed by atoms with E-state index in [0.717, 1.165) is 0 Å². The highest BCUT2D eigenvalue weighted by Gasteiger charge is 2.64. The number of pyridine rings is 1. The molecule has 0 bridgehead atoms. The second kappa shape index (κ2) is 4.60. The second-order valence-electron chi connectivity index (χ2n) is 4.61. The zero-order valence-corrected chi connectivity index (χ0v) is 11.5. The molecule has 1 rings (SSSR count). The van der Waals surface area contributed by atoms with Gasteiger partial charge in [-0.2, -0.15) is 8.78 Å². The van der Waals surface area contributed by atoms with Gasteiger partial charge in [0.1, 0.15) is 13.1 Å². The smallest absolute Gasteiger partial charge is 0.250 e. The molecule has 0 aromatic carbocycles. The van der Waals surface area contributed by atoms with Gasteiger partial charge >= 0.3 is 5.25 Å². The Morgan fingerprint density at radius 3 is 2.12 bits per heavy atom. The Morgan fingerprint density at radius 2 is 1.71 bits per heavy atom. The average molecular weight is 283 g/mol. The van der Waals surface area contributed by atoms with Crippen LogP contribution in [0.1, 0.15) is 0 Å². The Kier molecular flexibility index (Phi) is 3.93. The summed E-state index contributed by atoms with van der Waals surface area (Å²) in [4.78, 5) is 3.62. The molecule has 0 spiro atoms. The number of alkyl halides is 4. The molecule has 0 aliphatic heterocycles. The lowest BCUT2D eigenvalue weighted by molar-refractivity contribution is -0.0986. The van der Waals surface area contributed by atoms with Crippen LogP contribution in [-0.2, 0) is 0 Å². The van der Waals surface area contributed by atoms with Gasteiger partial charge in [0.15, 0.2) is 0 Å². The molecule has 0 N–H and O–H groups in total. The quantitative estimate of drug-likeness (QED) is 0.465. The number of hydrogen-bond acceptors (Lipinski definition) is 2. The van der Waals surface area contributed by atoms with Crippen molar-refractivity contribution in [2.24, 2.45) is 0 Å². The minimum Gasteiger partial charge on any atom is -0.250 e. The van der Waals surface area contributed by atoms with Crippen LogP contribution in [0.2, 0.25) is 19.6 Å². The largest absolute Gasteiger partial charge is 0.357 e. The molecule has 0 aliphatic carbocycles. The number of nitrogens with zero attached hydrogens (tertiary/aromatic N) is 1. The summed E-state index contributed by atoms with van der Waals surface area (Å²) in [5, 5.41) is -4.23. The Labute approximate surface area is 103 Å². The van der Waals surface area contributed by atoms with Crippen molar-refractivity contribution < 1.29 is 17.6 Å². The highest BCUT2D eigenvalue weighted by atomic mass is 32.2. The summed E-state index contributed by atoms with van der Waals surface area (Å²) in [5.74, 6) is 0. The number of hydrogen-bond donors (Lipinski definition) is 0. The van der Waals surface area contributed by atoms with Gasteiger partial charge in [-0.05, 0) is 23.9 Å². The molecule has 0 aliphatic rings. The van der Waals surface area contributed by atoms with Gasteiger partial charge in [-0.1, -0.05) is 25.7 Å². The lowest BCUT2D eigenvalue weighted by Gasteiger charge is -2.34. The molecular formula is C10H13F4NSSi. The van der Waals surface area contributed by atoms with E-state index in [4.69, 9.17) is 0 Å². The van der Waals surface area contributed by atoms with E-state index < -0.39 is 18.9 Å². The molecule has 1 nitrogen and oxygen atoms in total. The monoisotopic (exact) mass is 283 g/mol. The predicted octanol–water partition coefficient (Wildman–Crippen LogP) is 4.28. The van der Waals surface area contributed by atoms with Crippen molar-refractivity contribution in [1.29, 1.82) is 0 Å². The maximum Gasteiger partial charge on any atom is 0.357 e. The van der Waals surface area contributed by atoms with E-state index in [9.17, 15) is 17.6 Å². The molecule has 1 heterocycles. The summed E-state index contributed by atoms with van der Waals surface area (Å²) >= 11 is -0.180. The first-order chi connectivity index (χ1) is 7.58. The second-order valence-corrected chi connectivity index (χ2v) is 10.9. The highest BCUT2D eigenvalue weighted by Crippen LogP contribution is 2.50. The van der Waals surface area contributed by atoms with Crippen LogP contribution in [0.3, 0.4) is 0 Å². The summed E-state index contributed by atoms with van der Waals surface area (Å²) < 4.78 is 54.5. The third kappa shape index (κ3) is 3.01. The molecule has 0 saturated carbocycles. The summed E-state index contributed by atoms with van der Waals surface area (Å²) in [5.41, 5.74) is -3.98. The molecule has 17 heavy (non-hydrogen) atoms. The molecule has 0 fully saturated rings. The Hall–Kier alpha value is -0.563. The van der Waals surface area contributed by atoms with Crippen LogP contribution in [0.4, 0.5) is 17.6 Å². The molecule has 0 atom stereocenters. The minimum atomic E-state index is -4.13. The number of halogens is 4. The van der Waals surface area contributed by atoms with Gasteiger partial charge < -0.3 is 0 Å².